The summed E-state index contributed by atoms with van der Waals surface area (Å²) < 4.78 is 5.10. The summed E-state index contributed by atoms with van der Waals surface area (Å²) in [4.78, 5) is 22.8. The van der Waals surface area contributed by atoms with Gasteiger partial charge in [-0.1, -0.05) is 20.8 Å². The molecule has 0 aliphatic carbocycles. The molecule has 5 nitrogen and oxygen atoms in total. The van der Waals surface area contributed by atoms with Crippen LogP contribution >= 0.6 is 0 Å². The van der Waals surface area contributed by atoms with Gasteiger partial charge in [0.2, 0.25) is 5.91 Å². The van der Waals surface area contributed by atoms with Gasteiger partial charge in [-0.3, -0.25) is 4.79 Å². The van der Waals surface area contributed by atoms with Gasteiger partial charge < -0.3 is 15.2 Å². The molecule has 1 fully saturated rings. The van der Waals surface area contributed by atoms with Crippen molar-refractivity contribution in [2.45, 2.75) is 33.2 Å². The highest BCUT2D eigenvalue weighted by Crippen LogP contribution is 2.21. The van der Waals surface area contributed by atoms with Crippen molar-refractivity contribution in [3.05, 3.63) is 0 Å². The molecule has 16 heavy (non-hydrogen) atoms. The summed E-state index contributed by atoms with van der Waals surface area (Å²) in [6.07, 6.45) is 0.669. The van der Waals surface area contributed by atoms with Crippen LogP contribution in [0.25, 0.3) is 0 Å². The van der Waals surface area contributed by atoms with E-state index in [2.05, 4.69) is 5.32 Å². The minimum Gasteiger partial charge on any atom is -0.480 e. The average molecular weight is 229 g/mol. The topological polar surface area (TPSA) is 75.6 Å². The van der Waals surface area contributed by atoms with E-state index in [0.29, 0.717) is 19.6 Å². The molecule has 0 aromatic carbocycles. The number of hydrogen-bond donors (Lipinski definition) is 2. The standard InChI is InChI=1S/C11H19NO4/c1-11(2,3)8(10(14)15)12-9(13)7-4-5-16-6-7/h7-8H,4-6H2,1-3H3,(H,12,13)(H,14,15)/t7?,8-/m1/s1. The molecular weight excluding hydrogens is 210 g/mol. The fraction of sp³-hybridized carbons (Fsp3) is 0.818. The monoisotopic (exact) mass is 229 g/mol. The Hall–Kier alpha value is -1.10. The first-order valence-electron chi connectivity index (χ1n) is 5.43. The Morgan fingerprint density at radius 1 is 1.44 bits per heavy atom. The fourth-order valence-electron chi connectivity index (χ4n) is 1.65. The van der Waals surface area contributed by atoms with Crippen molar-refractivity contribution in [2.75, 3.05) is 13.2 Å². The fourth-order valence-corrected chi connectivity index (χ4v) is 1.65. The molecule has 0 aromatic heterocycles. The highest BCUT2D eigenvalue weighted by molar-refractivity contribution is 5.85. The highest BCUT2D eigenvalue weighted by atomic mass is 16.5. The van der Waals surface area contributed by atoms with Crippen LogP contribution in [0.5, 0.6) is 0 Å². The molecule has 5 heteroatoms. The van der Waals surface area contributed by atoms with Crippen LogP contribution in [0.4, 0.5) is 0 Å². The summed E-state index contributed by atoms with van der Waals surface area (Å²) in [6, 6.07) is -0.861. The quantitative estimate of drug-likeness (QED) is 0.744. The first-order chi connectivity index (χ1) is 7.32. The number of rotatable bonds is 3. The van der Waals surface area contributed by atoms with E-state index in [1.54, 1.807) is 20.8 Å². The molecule has 0 radical (unpaired) electrons. The molecule has 2 N–H and O–H groups in total. The van der Waals surface area contributed by atoms with Gasteiger partial charge in [-0.25, -0.2) is 4.79 Å². The summed E-state index contributed by atoms with van der Waals surface area (Å²) in [5.74, 6) is -1.43. The van der Waals surface area contributed by atoms with Gasteiger partial charge in [-0.05, 0) is 11.8 Å². The summed E-state index contributed by atoms with van der Waals surface area (Å²) in [5, 5.41) is 11.6. The van der Waals surface area contributed by atoms with Crippen LogP contribution in [0.2, 0.25) is 0 Å². The maximum absolute atomic E-state index is 11.8. The Morgan fingerprint density at radius 3 is 2.44 bits per heavy atom. The van der Waals surface area contributed by atoms with Crippen molar-refractivity contribution < 1.29 is 19.4 Å². The minimum atomic E-state index is -1.00. The van der Waals surface area contributed by atoms with E-state index in [-0.39, 0.29) is 11.8 Å². The van der Waals surface area contributed by atoms with E-state index in [4.69, 9.17) is 9.84 Å². The van der Waals surface area contributed by atoms with Crippen LogP contribution in [0.1, 0.15) is 27.2 Å². The van der Waals surface area contributed by atoms with Gasteiger partial charge in [-0.15, -0.1) is 0 Å². The number of nitrogens with one attached hydrogen (secondary N) is 1. The Labute approximate surface area is 95.2 Å². The zero-order chi connectivity index (χ0) is 12.3. The van der Waals surface area contributed by atoms with Crippen molar-refractivity contribution in [3.8, 4) is 0 Å². The van der Waals surface area contributed by atoms with Gasteiger partial charge >= 0.3 is 5.97 Å². The predicted octanol–water partition coefficient (Wildman–Crippen LogP) is 0.638. The number of aliphatic carboxylic acids is 1. The lowest BCUT2D eigenvalue weighted by atomic mass is 9.86. The van der Waals surface area contributed by atoms with E-state index >= 15 is 0 Å². The largest absolute Gasteiger partial charge is 0.480 e. The van der Waals surface area contributed by atoms with Gasteiger partial charge in [0.1, 0.15) is 6.04 Å². The van der Waals surface area contributed by atoms with Gasteiger partial charge in [-0.2, -0.15) is 0 Å². The molecule has 1 aliphatic heterocycles. The van der Waals surface area contributed by atoms with E-state index in [1.807, 2.05) is 0 Å². The molecule has 0 saturated carbocycles. The number of carbonyl (C=O) groups is 2. The summed E-state index contributed by atoms with van der Waals surface area (Å²) in [6.45, 7) is 6.33. The molecule has 1 unspecified atom stereocenters. The Balaban J connectivity index is 2.61. The molecule has 0 spiro atoms. The first kappa shape index (κ1) is 13.0. The summed E-state index contributed by atoms with van der Waals surface area (Å²) in [5.41, 5.74) is -0.499. The van der Waals surface area contributed by atoms with Gasteiger partial charge in [0, 0.05) is 6.61 Å². The predicted molar refractivity (Wildman–Crippen MR) is 57.9 cm³/mol. The molecule has 0 bridgehead atoms. The molecule has 1 saturated heterocycles. The molecule has 1 heterocycles. The number of ether oxygens (including phenoxy) is 1. The maximum atomic E-state index is 11.8. The van der Waals surface area contributed by atoms with Crippen molar-refractivity contribution in [3.63, 3.8) is 0 Å². The maximum Gasteiger partial charge on any atom is 0.326 e. The second-order valence-electron chi connectivity index (χ2n) is 5.21. The summed E-state index contributed by atoms with van der Waals surface area (Å²) in [7, 11) is 0. The number of carboxylic acid groups (broad SMARTS) is 1. The zero-order valence-corrected chi connectivity index (χ0v) is 9.95. The lowest BCUT2D eigenvalue weighted by Crippen LogP contribution is -2.50. The molecular formula is C11H19NO4. The van der Waals surface area contributed by atoms with Crippen LogP contribution in [0, 0.1) is 11.3 Å². The minimum absolute atomic E-state index is 0.204. The van der Waals surface area contributed by atoms with E-state index in [1.165, 1.54) is 0 Å². The third-order valence-electron chi connectivity index (χ3n) is 2.70. The van der Waals surface area contributed by atoms with Crippen LogP contribution in [0.15, 0.2) is 0 Å². The Bertz CT molecular complexity index is 276. The van der Waals surface area contributed by atoms with Crippen molar-refractivity contribution in [1.29, 1.82) is 0 Å². The van der Waals surface area contributed by atoms with Crippen molar-refractivity contribution in [1.82, 2.24) is 5.32 Å². The van der Waals surface area contributed by atoms with E-state index in [9.17, 15) is 9.59 Å². The van der Waals surface area contributed by atoms with Gasteiger partial charge in [0.15, 0.2) is 0 Å². The molecule has 0 aromatic rings. The van der Waals surface area contributed by atoms with Gasteiger partial charge in [0.05, 0.1) is 12.5 Å². The van der Waals surface area contributed by atoms with Crippen LogP contribution < -0.4 is 5.32 Å². The molecule has 1 aliphatic rings. The van der Waals surface area contributed by atoms with Crippen LogP contribution in [-0.2, 0) is 14.3 Å². The lowest BCUT2D eigenvalue weighted by Gasteiger charge is -2.28. The SMILES string of the molecule is CC(C)(C)[C@H](NC(=O)C1CCOC1)C(=O)O. The second kappa shape index (κ2) is 4.82. The molecule has 2 atom stereocenters. The average Bonchev–Trinajstić information content (AvgIpc) is 2.63. The van der Waals surface area contributed by atoms with Gasteiger partial charge in [0.25, 0.3) is 0 Å². The van der Waals surface area contributed by atoms with E-state index < -0.39 is 17.4 Å². The second-order valence-corrected chi connectivity index (χ2v) is 5.21. The van der Waals surface area contributed by atoms with Crippen LogP contribution in [0.3, 0.4) is 0 Å². The molecule has 1 rings (SSSR count). The lowest BCUT2D eigenvalue weighted by molar-refractivity contribution is -0.145. The third kappa shape index (κ3) is 3.20. The number of amides is 1. The molecule has 1 amide bonds. The number of carbonyl (C=O) groups excluding carboxylic acids is 1. The smallest absolute Gasteiger partial charge is 0.326 e. The van der Waals surface area contributed by atoms with Crippen molar-refractivity contribution in [2.24, 2.45) is 11.3 Å². The molecule has 92 valence electrons. The van der Waals surface area contributed by atoms with Crippen LogP contribution in [-0.4, -0.2) is 36.2 Å². The number of carboxylic acids is 1. The van der Waals surface area contributed by atoms with Crippen molar-refractivity contribution >= 4 is 11.9 Å². The first-order valence-corrected chi connectivity index (χ1v) is 5.43. The number of hydrogen-bond acceptors (Lipinski definition) is 3. The third-order valence-corrected chi connectivity index (χ3v) is 2.70. The Morgan fingerprint density at radius 2 is 2.06 bits per heavy atom. The summed E-state index contributed by atoms with van der Waals surface area (Å²) >= 11 is 0. The Kier molecular flexibility index (Phi) is 3.91. The van der Waals surface area contributed by atoms with E-state index in [0.717, 1.165) is 0 Å². The normalized spacial score (nSPS) is 22.8. The zero-order valence-electron chi connectivity index (χ0n) is 9.95. The highest BCUT2D eigenvalue weighted by Gasteiger charge is 2.35.